The van der Waals surface area contributed by atoms with Gasteiger partial charge in [-0.05, 0) is 36.2 Å². The highest BCUT2D eigenvalue weighted by atomic mass is 35.5. The molecule has 0 saturated heterocycles. The van der Waals surface area contributed by atoms with Gasteiger partial charge in [0.05, 0.1) is 28.1 Å². The summed E-state index contributed by atoms with van der Waals surface area (Å²) in [5.41, 5.74) is -0.310. The zero-order valence-electron chi connectivity index (χ0n) is 14.8. The topological polar surface area (TPSA) is 75.3 Å². The van der Waals surface area contributed by atoms with Crippen LogP contribution < -0.4 is 10.0 Å². The summed E-state index contributed by atoms with van der Waals surface area (Å²) in [5, 5.41) is 2.16. The Hall–Kier alpha value is -1.75. The Morgan fingerprint density at radius 1 is 1.21 bits per heavy atom. The molecule has 1 heterocycles. The second-order valence-electron chi connectivity index (χ2n) is 6.26. The van der Waals surface area contributed by atoms with Crippen molar-refractivity contribution in [3.63, 3.8) is 0 Å². The molecule has 0 aromatic heterocycles. The molecule has 29 heavy (non-hydrogen) atoms. The van der Waals surface area contributed by atoms with E-state index in [1.165, 1.54) is 0 Å². The van der Waals surface area contributed by atoms with Gasteiger partial charge in [-0.15, -0.1) is 11.8 Å². The lowest BCUT2D eigenvalue weighted by Crippen LogP contribution is -2.39. The Bertz CT molecular complexity index is 1030. The molecule has 0 fully saturated rings. The number of halogens is 4. The van der Waals surface area contributed by atoms with Crippen LogP contribution >= 0.6 is 23.4 Å². The molecule has 1 aliphatic heterocycles. The summed E-state index contributed by atoms with van der Waals surface area (Å²) in [7, 11) is -4.33. The lowest BCUT2D eigenvalue weighted by molar-refractivity contribution is -0.137. The summed E-state index contributed by atoms with van der Waals surface area (Å²) in [6.07, 6.45) is -4.11. The first-order valence-electron chi connectivity index (χ1n) is 8.45. The maximum absolute atomic E-state index is 12.9. The van der Waals surface area contributed by atoms with Crippen LogP contribution in [0, 0.1) is 0 Å². The van der Waals surface area contributed by atoms with Gasteiger partial charge in [-0.1, -0.05) is 29.8 Å². The van der Waals surface area contributed by atoms with E-state index in [2.05, 4.69) is 5.32 Å². The third kappa shape index (κ3) is 5.25. The number of hydrogen-bond acceptors (Lipinski definition) is 4. The molecule has 1 amide bonds. The Balaban J connectivity index is 1.68. The average Bonchev–Trinajstić information content (AvgIpc) is 2.66. The van der Waals surface area contributed by atoms with Crippen molar-refractivity contribution >= 4 is 39.3 Å². The first kappa shape index (κ1) is 21.9. The van der Waals surface area contributed by atoms with Crippen LogP contribution in [0.5, 0.6) is 0 Å². The summed E-state index contributed by atoms with van der Waals surface area (Å²) in [5.74, 6) is 0.226. The number of amides is 1. The minimum absolute atomic E-state index is 0.253. The summed E-state index contributed by atoms with van der Waals surface area (Å²) in [6, 6.07) is 9.58. The molecule has 0 saturated carbocycles. The predicted molar refractivity (Wildman–Crippen MR) is 104 cm³/mol. The Morgan fingerprint density at radius 2 is 1.93 bits per heavy atom. The number of nitrogens with one attached hydrogen (secondary N) is 2. The Labute approximate surface area is 175 Å². The van der Waals surface area contributed by atoms with Gasteiger partial charge in [-0.25, -0.2) is 13.1 Å². The molecule has 1 atom stereocenters. The van der Waals surface area contributed by atoms with E-state index >= 15 is 0 Å². The second kappa shape index (κ2) is 8.55. The fourth-order valence-electron chi connectivity index (χ4n) is 2.87. The van der Waals surface area contributed by atoms with E-state index in [9.17, 15) is 26.4 Å². The molecule has 0 unspecified atom stereocenters. The molecule has 2 aromatic carbocycles. The highest BCUT2D eigenvalue weighted by molar-refractivity contribution is 7.99. The van der Waals surface area contributed by atoms with Gasteiger partial charge >= 0.3 is 6.18 Å². The van der Waals surface area contributed by atoms with Crippen LogP contribution in [0.1, 0.15) is 23.6 Å². The van der Waals surface area contributed by atoms with Crippen molar-refractivity contribution in [2.24, 2.45) is 0 Å². The number of fused-ring (bicyclic) bond motifs is 1. The monoisotopic (exact) mass is 464 g/mol. The van der Waals surface area contributed by atoms with Crippen LogP contribution in [-0.2, 0) is 21.0 Å². The molecule has 0 radical (unpaired) electrons. The fourth-order valence-corrected chi connectivity index (χ4v) is 5.23. The van der Waals surface area contributed by atoms with Crippen molar-refractivity contribution < 1.29 is 26.4 Å². The van der Waals surface area contributed by atoms with Gasteiger partial charge in [0.1, 0.15) is 0 Å². The van der Waals surface area contributed by atoms with E-state index in [4.69, 9.17) is 11.6 Å². The summed E-state index contributed by atoms with van der Waals surface area (Å²) < 4.78 is 65.5. The highest BCUT2D eigenvalue weighted by Crippen LogP contribution is 2.36. The second-order valence-corrected chi connectivity index (χ2v) is 9.57. The van der Waals surface area contributed by atoms with E-state index in [0.717, 1.165) is 28.3 Å². The fraction of sp³-hybridized carbons (Fsp3) is 0.278. The van der Waals surface area contributed by atoms with Gasteiger partial charge in [-0.2, -0.15) is 13.2 Å². The highest BCUT2D eigenvalue weighted by Gasteiger charge is 2.34. The summed E-state index contributed by atoms with van der Waals surface area (Å²) in [6.45, 7) is -0.599. The molecule has 3 rings (SSSR count). The van der Waals surface area contributed by atoms with E-state index in [1.54, 1.807) is 11.8 Å². The lowest BCUT2D eigenvalue weighted by Gasteiger charge is -2.25. The average molecular weight is 465 g/mol. The zero-order valence-corrected chi connectivity index (χ0v) is 17.2. The standard InChI is InChI=1S/C18H16ClF3N2O3S2/c19-14-6-5-11(9-13(14)18(20,21)22)29(26,27)23-10-17(25)24-15-7-8-28-16-4-2-1-3-12(15)16/h1-6,9,15,23H,7-8,10H2,(H,24,25)/t15-/m1/s1. The first-order valence-corrected chi connectivity index (χ1v) is 11.3. The van der Waals surface area contributed by atoms with Gasteiger partial charge in [-0.3, -0.25) is 4.79 Å². The number of hydrogen-bond donors (Lipinski definition) is 2. The van der Waals surface area contributed by atoms with E-state index in [1.807, 2.05) is 29.0 Å². The van der Waals surface area contributed by atoms with Crippen molar-refractivity contribution in [1.29, 1.82) is 0 Å². The minimum atomic E-state index is -4.80. The van der Waals surface area contributed by atoms with Crippen LogP contribution in [0.3, 0.4) is 0 Å². The summed E-state index contributed by atoms with van der Waals surface area (Å²) >= 11 is 7.18. The molecule has 2 aromatic rings. The lowest BCUT2D eigenvalue weighted by atomic mass is 10.0. The molecular formula is C18H16ClF3N2O3S2. The van der Waals surface area contributed by atoms with Crippen molar-refractivity contribution in [2.45, 2.75) is 28.4 Å². The molecular weight excluding hydrogens is 449 g/mol. The van der Waals surface area contributed by atoms with Gasteiger partial charge < -0.3 is 5.32 Å². The first-order chi connectivity index (χ1) is 13.6. The molecule has 11 heteroatoms. The SMILES string of the molecule is O=C(CNS(=O)(=O)c1ccc(Cl)c(C(F)(F)F)c1)N[C@@H]1CCSc2ccccc21. The number of sulfonamides is 1. The maximum Gasteiger partial charge on any atom is 0.417 e. The van der Waals surface area contributed by atoms with Crippen molar-refractivity contribution in [2.75, 3.05) is 12.3 Å². The van der Waals surface area contributed by atoms with Gasteiger partial charge in [0.2, 0.25) is 15.9 Å². The quantitative estimate of drug-likeness (QED) is 0.701. The number of alkyl halides is 3. The van der Waals surface area contributed by atoms with Gasteiger partial charge in [0.15, 0.2) is 0 Å². The van der Waals surface area contributed by atoms with Crippen molar-refractivity contribution in [3.8, 4) is 0 Å². The number of carbonyl (C=O) groups is 1. The molecule has 0 bridgehead atoms. The molecule has 0 aliphatic carbocycles. The normalized spacial score (nSPS) is 16.9. The third-order valence-electron chi connectivity index (χ3n) is 4.27. The van der Waals surface area contributed by atoms with Crippen LogP contribution in [0.15, 0.2) is 52.3 Å². The third-order valence-corrected chi connectivity index (χ3v) is 7.12. The van der Waals surface area contributed by atoms with Crippen molar-refractivity contribution in [3.05, 3.63) is 58.6 Å². The summed E-state index contributed by atoms with van der Waals surface area (Å²) in [4.78, 5) is 12.7. The van der Waals surface area contributed by atoms with E-state index < -0.39 is 44.1 Å². The van der Waals surface area contributed by atoms with Gasteiger partial charge in [0.25, 0.3) is 0 Å². The molecule has 156 valence electrons. The van der Waals surface area contributed by atoms with Crippen LogP contribution in [0.4, 0.5) is 13.2 Å². The smallest absolute Gasteiger partial charge is 0.348 e. The number of benzene rings is 2. The Kier molecular flexibility index (Phi) is 6.47. The number of carbonyl (C=O) groups excluding carboxylic acids is 1. The van der Waals surface area contributed by atoms with Crippen LogP contribution in [0.25, 0.3) is 0 Å². The molecule has 5 nitrogen and oxygen atoms in total. The van der Waals surface area contributed by atoms with E-state index in [-0.39, 0.29) is 6.04 Å². The zero-order chi connectivity index (χ0) is 21.2. The van der Waals surface area contributed by atoms with Crippen molar-refractivity contribution in [1.82, 2.24) is 10.0 Å². The minimum Gasteiger partial charge on any atom is -0.348 e. The molecule has 0 spiro atoms. The van der Waals surface area contributed by atoms with E-state index in [0.29, 0.717) is 12.5 Å². The largest absolute Gasteiger partial charge is 0.417 e. The number of rotatable bonds is 5. The molecule has 1 aliphatic rings. The number of thioether (sulfide) groups is 1. The van der Waals surface area contributed by atoms with Gasteiger partial charge in [0, 0.05) is 10.6 Å². The van der Waals surface area contributed by atoms with Crippen LogP contribution in [0.2, 0.25) is 5.02 Å². The maximum atomic E-state index is 12.9. The van der Waals surface area contributed by atoms with Crippen LogP contribution in [-0.4, -0.2) is 26.6 Å². The predicted octanol–water partition coefficient (Wildman–Crippen LogP) is 3.99. The Morgan fingerprint density at radius 3 is 2.66 bits per heavy atom. The molecule has 2 N–H and O–H groups in total.